The number of carbonyl (C=O) groups is 1. The predicted octanol–water partition coefficient (Wildman–Crippen LogP) is 4.11. The predicted molar refractivity (Wildman–Crippen MR) is 131 cm³/mol. The summed E-state index contributed by atoms with van der Waals surface area (Å²) in [6, 6.07) is 9.85. The van der Waals surface area contributed by atoms with Gasteiger partial charge in [0.2, 0.25) is 5.75 Å². The van der Waals surface area contributed by atoms with Gasteiger partial charge in [-0.05, 0) is 47.7 Å². The van der Waals surface area contributed by atoms with Crippen LogP contribution < -0.4 is 10.3 Å². The summed E-state index contributed by atoms with van der Waals surface area (Å²) in [7, 11) is 0. The van der Waals surface area contributed by atoms with Gasteiger partial charge in [0.1, 0.15) is 5.82 Å². The van der Waals surface area contributed by atoms with Gasteiger partial charge in [0.05, 0.1) is 13.2 Å². The van der Waals surface area contributed by atoms with Crippen LogP contribution in [0.15, 0.2) is 45.9 Å². The lowest BCUT2D eigenvalue weighted by molar-refractivity contribution is 0.0653. The summed E-state index contributed by atoms with van der Waals surface area (Å²) < 4.78 is 5.71. The van der Waals surface area contributed by atoms with Crippen molar-refractivity contribution in [1.29, 1.82) is 0 Å². The number of nitrogens with one attached hydrogen (secondary N) is 1. The number of ether oxygens (including phenoxy) is 1. The molecule has 0 saturated carbocycles. The van der Waals surface area contributed by atoms with Crippen LogP contribution in [-0.4, -0.2) is 51.7 Å². The van der Waals surface area contributed by atoms with Gasteiger partial charge in [-0.1, -0.05) is 43.7 Å². The number of aromatic amines is 1. The highest BCUT2D eigenvalue weighted by Crippen LogP contribution is 2.29. The van der Waals surface area contributed by atoms with Gasteiger partial charge < -0.3 is 19.7 Å². The third-order valence-corrected chi connectivity index (χ3v) is 6.08. The van der Waals surface area contributed by atoms with E-state index in [1.54, 1.807) is 11.3 Å². The Morgan fingerprint density at radius 3 is 2.67 bits per heavy atom. The minimum Gasteiger partial charge on any atom is -0.486 e. The van der Waals surface area contributed by atoms with Crippen molar-refractivity contribution in [2.75, 3.05) is 19.8 Å². The monoisotopic (exact) mass is 469 g/mol. The molecule has 176 valence electrons. The zero-order valence-electron chi connectivity index (χ0n) is 19.3. The molecule has 2 aromatic heterocycles. The lowest BCUT2D eigenvalue weighted by Crippen LogP contribution is -2.40. The number of benzene rings is 1. The van der Waals surface area contributed by atoms with Gasteiger partial charge in [-0.15, -0.1) is 0 Å². The van der Waals surface area contributed by atoms with E-state index in [1.165, 1.54) is 4.90 Å². The lowest BCUT2D eigenvalue weighted by Gasteiger charge is -2.26. The molecule has 3 rings (SSSR count). The quantitative estimate of drug-likeness (QED) is 0.412. The Hall–Kier alpha value is -2.97. The van der Waals surface area contributed by atoms with Gasteiger partial charge in [-0.2, -0.15) is 11.3 Å². The number of nitrogens with zero attached hydrogens (tertiary/aromatic N) is 2. The van der Waals surface area contributed by atoms with E-state index in [-0.39, 0.29) is 30.6 Å². The average molecular weight is 470 g/mol. The third-order valence-electron chi connectivity index (χ3n) is 5.28. The van der Waals surface area contributed by atoms with Gasteiger partial charge in [-0.3, -0.25) is 9.59 Å². The first-order valence-corrected chi connectivity index (χ1v) is 12.2. The topological polar surface area (TPSA) is 95.5 Å². The Kier molecular flexibility index (Phi) is 8.79. The average Bonchev–Trinajstić information content (AvgIpc) is 3.26. The van der Waals surface area contributed by atoms with E-state index in [2.05, 4.69) is 15.3 Å². The van der Waals surface area contributed by atoms with Crippen molar-refractivity contribution in [3.05, 3.63) is 68.5 Å². The number of thiophene rings is 1. The summed E-state index contributed by atoms with van der Waals surface area (Å²) in [5, 5.41) is 13.5. The molecule has 2 heterocycles. The van der Waals surface area contributed by atoms with Crippen LogP contribution in [0.4, 0.5) is 0 Å². The number of aromatic nitrogens is 2. The molecule has 0 unspecified atom stereocenters. The molecule has 0 aliphatic carbocycles. The summed E-state index contributed by atoms with van der Waals surface area (Å²) in [4.78, 5) is 35.2. The molecule has 0 aliphatic rings. The number of H-pyrrole nitrogens is 1. The van der Waals surface area contributed by atoms with Crippen LogP contribution in [0.2, 0.25) is 0 Å². The van der Waals surface area contributed by atoms with E-state index in [1.807, 2.05) is 56.5 Å². The number of unbranched alkanes of at least 4 members (excludes halogenated alkanes) is 1. The van der Waals surface area contributed by atoms with Crippen molar-refractivity contribution in [1.82, 2.24) is 14.9 Å². The van der Waals surface area contributed by atoms with Crippen molar-refractivity contribution in [2.24, 2.45) is 0 Å². The Bertz CT molecular complexity index is 1110. The Balaban J connectivity index is 2.00. The number of rotatable bonds is 11. The molecule has 8 heteroatoms. The van der Waals surface area contributed by atoms with E-state index in [0.29, 0.717) is 18.9 Å². The van der Waals surface area contributed by atoms with E-state index in [0.717, 1.165) is 29.5 Å². The van der Waals surface area contributed by atoms with E-state index >= 15 is 0 Å². The first-order chi connectivity index (χ1) is 16.0. The summed E-state index contributed by atoms with van der Waals surface area (Å²) in [6.45, 7) is 6.03. The molecule has 1 amide bonds. The molecule has 0 atom stereocenters. The van der Waals surface area contributed by atoms with Crippen LogP contribution in [0, 0.1) is 0 Å². The summed E-state index contributed by atoms with van der Waals surface area (Å²) in [5.41, 5.74) is 2.69. The molecular weight excluding hydrogens is 438 g/mol. The number of hydrogen-bond acceptors (Lipinski definition) is 6. The van der Waals surface area contributed by atoms with Crippen LogP contribution in [0.5, 0.6) is 5.75 Å². The van der Waals surface area contributed by atoms with E-state index < -0.39 is 11.5 Å². The molecule has 0 fully saturated rings. The van der Waals surface area contributed by atoms with Crippen molar-refractivity contribution in [3.63, 3.8) is 0 Å². The maximum absolute atomic E-state index is 13.3. The molecule has 0 saturated heterocycles. The SMILES string of the molecule is CCCCOc1c(C(=O)N(CCO)C(C)C)nc(Cc2cscc2-c2ccccc2)[nH]c1=O. The molecule has 1 aromatic carbocycles. The number of aliphatic hydroxyl groups excluding tert-OH is 1. The minimum absolute atomic E-state index is 0.0107. The Labute approximate surface area is 198 Å². The Morgan fingerprint density at radius 1 is 1.24 bits per heavy atom. The highest BCUT2D eigenvalue weighted by atomic mass is 32.1. The first-order valence-electron chi connectivity index (χ1n) is 11.2. The summed E-state index contributed by atoms with van der Waals surface area (Å²) in [6.07, 6.45) is 2.03. The van der Waals surface area contributed by atoms with Crippen LogP contribution in [0.1, 0.15) is 55.5 Å². The highest BCUT2D eigenvalue weighted by molar-refractivity contribution is 7.08. The van der Waals surface area contributed by atoms with Crippen molar-refractivity contribution in [3.8, 4) is 16.9 Å². The smallest absolute Gasteiger partial charge is 0.294 e. The van der Waals surface area contributed by atoms with Crippen LogP contribution in [0.3, 0.4) is 0 Å². The van der Waals surface area contributed by atoms with Gasteiger partial charge in [0, 0.05) is 19.0 Å². The van der Waals surface area contributed by atoms with Crippen molar-refractivity contribution >= 4 is 17.2 Å². The standard InChI is InChI=1S/C25H31N3O4S/c1-4-5-13-32-23-22(25(31)28(11-12-29)17(2)3)26-21(27-24(23)30)14-19-15-33-16-20(19)18-9-7-6-8-10-18/h6-10,15-17,29H,4-5,11-14H2,1-3H3,(H,26,27,30). The second kappa shape index (κ2) is 11.8. The second-order valence-electron chi connectivity index (χ2n) is 8.06. The molecule has 33 heavy (non-hydrogen) atoms. The normalized spacial score (nSPS) is 11.1. The zero-order valence-corrected chi connectivity index (χ0v) is 20.2. The fourth-order valence-corrected chi connectivity index (χ4v) is 4.41. The molecule has 0 aliphatic heterocycles. The Morgan fingerprint density at radius 2 is 2.00 bits per heavy atom. The van der Waals surface area contributed by atoms with Crippen molar-refractivity contribution in [2.45, 2.75) is 46.1 Å². The largest absolute Gasteiger partial charge is 0.486 e. The summed E-state index contributed by atoms with van der Waals surface area (Å²) >= 11 is 1.58. The first kappa shape index (κ1) is 24.7. The van der Waals surface area contributed by atoms with E-state index in [9.17, 15) is 14.7 Å². The number of carbonyl (C=O) groups excluding carboxylic acids is 1. The fraction of sp³-hybridized carbons (Fsp3) is 0.400. The van der Waals surface area contributed by atoms with Crippen molar-refractivity contribution < 1.29 is 14.6 Å². The molecule has 7 nitrogen and oxygen atoms in total. The zero-order chi connectivity index (χ0) is 23.8. The molecule has 2 N–H and O–H groups in total. The van der Waals surface area contributed by atoms with E-state index in [4.69, 9.17) is 4.74 Å². The van der Waals surface area contributed by atoms with Gasteiger partial charge in [0.15, 0.2) is 5.69 Å². The molecule has 0 spiro atoms. The molecule has 3 aromatic rings. The third kappa shape index (κ3) is 6.09. The fourth-order valence-electron chi connectivity index (χ4n) is 3.54. The summed E-state index contributed by atoms with van der Waals surface area (Å²) in [5.74, 6) is -0.0876. The second-order valence-corrected chi connectivity index (χ2v) is 8.81. The van der Waals surface area contributed by atoms with Crippen LogP contribution in [0.25, 0.3) is 11.1 Å². The van der Waals surface area contributed by atoms with Gasteiger partial charge >= 0.3 is 0 Å². The minimum atomic E-state index is -0.469. The van der Waals surface area contributed by atoms with Crippen LogP contribution >= 0.6 is 11.3 Å². The van der Waals surface area contributed by atoms with Crippen LogP contribution in [-0.2, 0) is 6.42 Å². The molecular formula is C25H31N3O4S. The molecule has 0 bridgehead atoms. The maximum Gasteiger partial charge on any atom is 0.294 e. The van der Waals surface area contributed by atoms with Gasteiger partial charge in [0.25, 0.3) is 11.5 Å². The number of amides is 1. The molecule has 0 radical (unpaired) electrons. The van der Waals surface area contributed by atoms with Gasteiger partial charge in [-0.25, -0.2) is 4.98 Å². The maximum atomic E-state index is 13.3. The lowest BCUT2D eigenvalue weighted by atomic mass is 10.0. The number of hydrogen-bond donors (Lipinski definition) is 2. The highest BCUT2D eigenvalue weighted by Gasteiger charge is 2.26. The number of aliphatic hydroxyl groups is 1.